The zero-order chi connectivity index (χ0) is 12.7. The van der Waals surface area contributed by atoms with Gasteiger partial charge in [-0.3, -0.25) is 15.7 Å². The molecule has 0 aliphatic rings. The number of hydrogen-bond donors (Lipinski definition) is 3. The summed E-state index contributed by atoms with van der Waals surface area (Å²) in [5, 5.41) is 12.0. The van der Waals surface area contributed by atoms with Crippen molar-refractivity contribution >= 4 is 23.2 Å². The third-order valence-electron chi connectivity index (χ3n) is 1.71. The van der Waals surface area contributed by atoms with Gasteiger partial charge in [-0.1, -0.05) is 0 Å². The normalized spacial score (nSPS) is 10.9. The van der Waals surface area contributed by atoms with Crippen LogP contribution in [0.5, 0.6) is 5.88 Å². The number of amidine groups is 1. The maximum absolute atomic E-state index is 8.98. The Balaban J connectivity index is 2.96. The lowest BCUT2D eigenvalue weighted by atomic mass is 10.4. The van der Waals surface area contributed by atoms with Crippen LogP contribution in [0.25, 0.3) is 0 Å². The van der Waals surface area contributed by atoms with Crippen molar-refractivity contribution in [3.8, 4) is 5.88 Å². The van der Waals surface area contributed by atoms with Gasteiger partial charge in [-0.05, 0) is 19.1 Å². The largest absolute Gasteiger partial charge is 0.480 e. The summed E-state index contributed by atoms with van der Waals surface area (Å²) in [7, 11) is 1.47. The van der Waals surface area contributed by atoms with Gasteiger partial charge in [0.2, 0.25) is 5.88 Å². The number of ether oxygens (including phenoxy) is 1. The van der Waals surface area contributed by atoms with Crippen LogP contribution in [-0.2, 0) is 0 Å². The van der Waals surface area contributed by atoms with E-state index in [0.717, 1.165) is 0 Å². The van der Waals surface area contributed by atoms with E-state index in [4.69, 9.17) is 22.2 Å². The lowest BCUT2D eigenvalue weighted by molar-refractivity contribution is 0.235. The van der Waals surface area contributed by atoms with E-state index in [-0.39, 0.29) is 10.9 Å². The first-order valence-electron chi connectivity index (χ1n) is 4.84. The number of hydrogen-bond acceptors (Lipinski definition) is 5. The fraction of sp³-hybridized carbons (Fsp3) is 0.333. The fourth-order valence-electron chi connectivity index (χ4n) is 0.992. The zero-order valence-corrected chi connectivity index (χ0v) is 10.3. The van der Waals surface area contributed by atoms with E-state index in [1.807, 2.05) is 12.4 Å². The van der Waals surface area contributed by atoms with Crippen molar-refractivity contribution in [3.05, 3.63) is 18.1 Å². The van der Waals surface area contributed by atoms with Crippen LogP contribution < -0.4 is 15.5 Å². The standard InChI is InChI=1S/C9H13N5O2S/c1-3-11-9(17)13-8(14-15)6-4-10-5-7(12-6)16-2/h4-5,15H,3H2,1-2H3,(H2,11,13,14,17). The van der Waals surface area contributed by atoms with Crippen LogP contribution in [0.1, 0.15) is 12.6 Å². The van der Waals surface area contributed by atoms with Crippen molar-refractivity contribution in [2.75, 3.05) is 13.7 Å². The molecule has 0 amide bonds. The van der Waals surface area contributed by atoms with Gasteiger partial charge in [-0.2, -0.15) is 4.99 Å². The van der Waals surface area contributed by atoms with E-state index < -0.39 is 0 Å². The molecule has 17 heavy (non-hydrogen) atoms. The number of aromatic nitrogens is 2. The number of nitrogens with one attached hydrogen (secondary N) is 2. The summed E-state index contributed by atoms with van der Waals surface area (Å²) in [6, 6.07) is 0. The third-order valence-corrected chi connectivity index (χ3v) is 1.95. The van der Waals surface area contributed by atoms with E-state index in [2.05, 4.69) is 20.3 Å². The van der Waals surface area contributed by atoms with E-state index in [0.29, 0.717) is 18.1 Å². The van der Waals surface area contributed by atoms with E-state index in [1.165, 1.54) is 19.5 Å². The Morgan fingerprint density at radius 2 is 2.35 bits per heavy atom. The van der Waals surface area contributed by atoms with Crippen molar-refractivity contribution < 1.29 is 9.94 Å². The molecule has 0 fully saturated rings. The molecule has 0 radical (unpaired) electrons. The minimum absolute atomic E-state index is 0.0994. The number of rotatable bonds is 3. The lowest BCUT2D eigenvalue weighted by Gasteiger charge is -2.06. The molecule has 0 aliphatic carbocycles. The third kappa shape index (κ3) is 3.93. The molecule has 1 aromatic heterocycles. The Bertz CT molecular complexity index is 424. The van der Waals surface area contributed by atoms with E-state index in [1.54, 1.807) is 0 Å². The van der Waals surface area contributed by atoms with Crippen molar-refractivity contribution in [2.45, 2.75) is 6.92 Å². The average Bonchev–Trinajstić information content (AvgIpc) is 2.36. The van der Waals surface area contributed by atoms with Crippen LogP contribution in [-0.4, -0.2) is 39.8 Å². The number of methoxy groups -OCH3 is 1. The van der Waals surface area contributed by atoms with Gasteiger partial charge in [0.1, 0.15) is 5.69 Å². The highest BCUT2D eigenvalue weighted by molar-refractivity contribution is 7.80. The van der Waals surface area contributed by atoms with Crippen molar-refractivity contribution in [1.29, 1.82) is 0 Å². The summed E-state index contributed by atoms with van der Waals surface area (Å²) >= 11 is 4.93. The minimum atomic E-state index is 0.0994. The highest BCUT2D eigenvalue weighted by atomic mass is 32.1. The Morgan fingerprint density at radius 3 is 2.94 bits per heavy atom. The molecule has 8 heteroatoms. The number of aliphatic imine (C=N–C) groups is 1. The summed E-state index contributed by atoms with van der Waals surface area (Å²) in [6.07, 6.45) is 2.88. The number of hydroxylamine groups is 1. The van der Waals surface area contributed by atoms with Crippen molar-refractivity contribution in [2.24, 2.45) is 4.99 Å². The molecular weight excluding hydrogens is 242 g/mol. The molecule has 0 unspecified atom stereocenters. The van der Waals surface area contributed by atoms with Gasteiger partial charge in [-0.25, -0.2) is 4.98 Å². The molecule has 0 bridgehead atoms. The summed E-state index contributed by atoms with van der Waals surface area (Å²) in [5.41, 5.74) is 2.25. The maximum atomic E-state index is 8.98. The summed E-state index contributed by atoms with van der Waals surface area (Å²) in [6.45, 7) is 2.53. The van der Waals surface area contributed by atoms with Crippen LogP contribution in [0.15, 0.2) is 17.4 Å². The van der Waals surface area contributed by atoms with Crippen molar-refractivity contribution in [1.82, 2.24) is 20.8 Å². The second-order valence-electron chi connectivity index (χ2n) is 2.85. The van der Waals surface area contributed by atoms with Gasteiger partial charge < -0.3 is 10.1 Å². The van der Waals surface area contributed by atoms with Gasteiger partial charge in [0, 0.05) is 6.54 Å². The SMILES string of the molecule is CCNC(=S)/N=C(\NO)c1cncc(OC)n1. The first kappa shape index (κ1) is 13.3. The molecule has 0 saturated carbocycles. The van der Waals surface area contributed by atoms with Crippen LogP contribution in [0, 0.1) is 0 Å². The Kier molecular flexibility index (Phi) is 5.24. The van der Waals surface area contributed by atoms with E-state index >= 15 is 0 Å². The molecule has 0 spiro atoms. The molecule has 1 aromatic rings. The fourth-order valence-corrected chi connectivity index (χ4v) is 1.23. The molecule has 0 atom stereocenters. The lowest BCUT2D eigenvalue weighted by Crippen LogP contribution is -2.27. The predicted molar refractivity (Wildman–Crippen MR) is 66.3 cm³/mol. The zero-order valence-electron chi connectivity index (χ0n) is 9.47. The monoisotopic (exact) mass is 255 g/mol. The van der Waals surface area contributed by atoms with Crippen LogP contribution in [0.3, 0.4) is 0 Å². The van der Waals surface area contributed by atoms with Crippen molar-refractivity contribution in [3.63, 3.8) is 0 Å². The van der Waals surface area contributed by atoms with Gasteiger partial charge in [0.05, 0.1) is 19.5 Å². The van der Waals surface area contributed by atoms with Gasteiger partial charge in [0.25, 0.3) is 0 Å². The summed E-state index contributed by atoms with van der Waals surface area (Å²) < 4.78 is 4.92. The summed E-state index contributed by atoms with van der Waals surface area (Å²) in [4.78, 5) is 11.9. The smallest absolute Gasteiger partial charge is 0.232 e. The molecule has 0 aliphatic heterocycles. The van der Waals surface area contributed by atoms with E-state index in [9.17, 15) is 0 Å². The average molecular weight is 255 g/mol. The molecule has 92 valence electrons. The van der Waals surface area contributed by atoms with Gasteiger partial charge in [0.15, 0.2) is 10.9 Å². The quantitative estimate of drug-likeness (QED) is 0.305. The highest BCUT2D eigenvalue weighted by Gasteiger charge is 2.07. The molecule has 1 heterocycles. The number of thiocarbonyl (C=S) groups is 1. The molecule has 3 N–H and O–H groups in total. The Hall–Kier alpha value is -1.80. The highest BCUT2D eigenvalue weighted by Crippen LogP contribution is 2.04. The minimum Gasteiger partial charge on any atom is -0.480 e. The number of nitrogens with zero attached hydrogens (tertiary/aromatic N) is 3. The van der Waals surface area contributed by atoms with Gasteiger partial charge in [-0.15, -0.1) is 0 Å². The first-order valence-corrected chi connectivity index (χ1v) is 5.25. The van der Waals surface area contributed by atoms with Crippen LogP contribution >= 0.6 is 12.2 Å². The van der Waals surface area contributed by atoms with Crippen LogP contribution in [0.4, 0.5) is 0 Å². The Morgan fingerprint density at radius 1 is 1.59 bits per heavy atom. The van der Waals surface area contributed by atoms with Gasteiger partial charge >= 0.3 is 0 Å². The molecule has 1 rings (SSSR count). The summed E-state index contributed by atoms with van der Waals surface area (Å²) in [5.74, 6) is 0.419. The second-order valence-corrected chi connectivity index (χ2v) is 3.24. The second kappa shape index (κ2) is 6.71. The van der Waals surface area contributed by atoms with Crippen LogP contribution in [0.2, 0.25) is 0 Å². The topological polar surface area (TPSA) is 91.7 Å². The first-order chi connectivity index (χ1) is 8.21. The molecule has 0 aromatic carbocycles. The maximum Gasteiger partial charge on any atom is 0.232 e. The predicted octanol–water partition coefficient (Wildman–Crippen LogP) is 0.105. The molecule has 7 nitrogen and oxygen atoms in total. The Labute approximate surface area is 104 Å². The molecule has 0 saturated heterocycles. The molecular formula is C9H13N5O2S.